The number of nitrogens with zero attached hydrogens (tertiary/aromatic N) is 1. The third-order valence-electron chi connectivity index (χ3n) is 2.99. The van der Waals surface area contributed by atoms with E-state index in [0.29, 0.717) is 17.9 Å². The van der Waals surface area contributed by atoms with Gasteiger partial charge < -0.3 is 15.2 Å². The number of hydrogen-bond donors (Lipinski definition) is 2. The highest BCUT2D eigenvalue weighted by atomic mass is 16.5. The summed E-state index contributed by atoms with van der Waals surface area (Å²) < 4.78 is 5.10. The Morgan fingerprint density at radius 3 is 2.70 bits per heavy atom. The molecule has 2 N–H and O–H groups in total. The average molecular weight is 280 g/mol. The van der Waals surface area contributed by atoms with Crippen LogP contribution in [0, 0.1) is 0 Å². The van der Waals surface area contributed by atoms with Crippen LogP contribution in [-0.2, 0) is 4.79 Å². The predicted molar refractivity (Wildman–Crippen MR) is 76.3 cm³/mol. The van der Waals surface area contributed by atoms with E-state index in [4.69, 9.17) is 9.84 Å². The van der Waals surface area contributed by atoms with Crippen molar-refractivity contribution in [2.24, 2.45) is 0 Å². The molecule has 0 radical (unpaired) electrons. The molecule has 110 valence electrons. The molecule has 0 saturated heterocycles. The van der Waals surface area contributed by atoms with Crippen molar-refractivity contribution in [3.8, 4) is 5.75 Å². The minimum absolute atomic E-state index is 0.0891. The number of amides is 2. The van der Waals surface area contributed by atoms with E-state index in [1.165, 1.54) is 4.90 Å². The number of carbonyl (C=O) groups excluding carboxylic acids is 1. The van der Waals surface area contributed by atoms with Gasteiger partial charge in [-0.2, -0.15) is 0 Å². The Hall–Kier alpha value is -2.24. The molecule has 2 amide bonds. The van der Waals surface area contributed by atoms with Gasteiger partial charge in [0.1, 0.15) is 5.75 Å². The van der Waals surface area contributed by atoms with E-state index in [2.05, 4.69) is 5.32 Å². The normalized spacial score (nSPS) is 11.6. The lowest BCUT2D eigenvalue weighted by Crippen LogP contribution is -2.43. The summed E-state index contributed by atoms with van der Waals surface area (Å²) in [6, 6.07) is 6.36. The molecule has 0 spiro atoms. The van der Waals surface area contributed by atoms with Crippen LogP contribution in [0.2, 0.25) is 0 Å². The van der Waals surface area contributed by atoms with Gasteiger partial charge in [-0.15, -0.1) is 0 Å². The molecular formula is C14H20N2O4. The van der Waals surface area contributed by atoms with Crippen molar-refractivity contribution < 1.29 is 19.4 Å². The summed E-state index contributed by atoms with van der Waals surface area (Å²) in [7, 11) is 3.18. The first-order valence-electron chi connectivity index (χ1n) is 6.38. The van der Waals surface area contributed by atoms with Crippen molar-refractivity contribution in [3.63, 3.8) is 0 Å². The highest BCUT2D eigenvalue weighted by molar-refractivity contribution is 5.92. The number of benzene rings is 1. The van der Waals surface area contributed by atoms with Gasteiger partial charge in [-0.05, 0) is 18.6 Å². The van der Waals surface area contributed by atoms with Crippen LogP contribution in [0.3, 0.4) is 0 Å². The van der Waals surface area contributed by atoms with E-state index < -0.39 is 5.97 Å². The van der Waals surface area contributed by atoms with Gasteiger partial charge in [-0.3, -0.25) is 9.69 Å². The minimum Gasteiger partial charge on any atom is -0.497 e. The van der Waals surface area contributed by atoms with Gasteiger partial charge in [-0.25, -0.2) is 4.79 Å². The molecule has 20 heavy (non-hydrogen) atoms. The highest BCUT2D eigenvalue weighted by Crippen LogP contribution is 2.20. The van der Waals surface area contributed by atoms with Gasteiger partial charge in [0.2, 0.25) is 0 Å². The largest absolute Gasteiger partial charge is 0.497 e. The molecule has 0 aliphatic carbocycles. The topological polar surface area (TPSA) is 78.9 Å². The van der Waals surface area contributed by atoms with Crippen molar-refractivity contribution in [1.82, 2.24) is 5.32 Å². The Kier molecular flexibility index (Phi) is 5.83. The van der Waals surface area contributed by atoms with Crippen LogP contribution in [-0.4, -0.2) is 37.3 Å². The van der Waals surface area contributed by atoms with Crippen molar-refractivity contribution in [2.45, 2.75) is 25.8 Å². The third kappa shape index (κ3) is 4.46. The van der Waals surface area contributed by atoms with Gasteiger partial charge in [-0.1, -0.05) is 13.0 Å². The fourth-order valence-electron chi connectivity index (χ4n) is 1.72. The van der Waals surface area contributed by atoms with Crippen LogP contribution >= 0.6 is 0 Å². The number of aliphatic carboxylic acids is 1. The number of nitrogens with one attached hydrogen (secondary N) is 1. The first kappa shape index (κ1) is 15.8. The smallest absolute Gasteiger partial charge is 0.321 e. The zero-order valence-electron chi connectivity index (χ0n) is 11.9. The van der Waals surface area contributed by atoms with E-state index in [1.54, 1.807) is 38.4 Å². The number of urea groups is 1. The second-order valence-corrected chi connectivity index (χ2v) is 4.41. The van der Waals surface area contributed by atoms with Crippen molar-refractivity contribution in [1.29, 1.82) is 0 Å². The van der Waals surface area contributed by atoms with E-state index in [1.807, 2.05) is 6.92 Å². The van der Waals surface area contributed by atoms with Crippen LogP contribution in [0.15, 0.2) is 24.3 Å². The minimum atomic E-state index is -0.929. The van der Waals surface area contributed by atoms with Crippen LogP contribution < -0.4 is 15.0 Å². The zero-order chi connectivity index (χ0) is 15.1. The molecule has 1 aromatic carbocycles. The first-order valence-corrected chi connectivity index (χ1v) is 6.38. The van der Waals surface area contributed by atoms with E-state index in [-0.39, 0.29) is 18.5 Å². The summed E-state index contributed by atoms with van der Waals surface area (Å²) in [5.74, 6) is -0.277. The maximum absolute atomic E-state index is 12.1. The molecule has 0 aliphatic rings. The maximum atomic E-state index is 12.1. The van der Waals surface area contributed by atoms with E-state index >= 15 is 0 Å². The summed E-state index contributed by atoms with van der Waals surface area (Å²) in [6.45, 7) is 1.83. The summed E-state index contributed by atoms with van der Waals surface area (Å²) in [4.78, 5) is 24.2. The second kappa shape index (κ2) is 7.37. The molecule has 0 bridgehead atoms. The predicted octanol–water partition coefficient (Wildman–Crippen LogP) is 2.09. The molecule has 1 atom stereocenters. The molecule has 6 heteroatoms. The van der Waals surface area contributed by atoms with Crippen molar-refractivity contribution in [3.05, 3.63) is 24.3 Å². The maximum Gasteiger partial charge on any atom is 0.321 e. The van der Waals surface area contributed by atoms with Gasteiger partial charge in [0, 0.05) is 24.8 Å². The fourth-order valence-corrected chi connectivity index (χ4v) is 1.72. The van der Waals surface area contributed by atoms with E-state index in [9.17, 15) is 9.59 Å². The Bertz CT molecular complexity index is 476. The Morgan fingerprint density at radius 1 is 1.45 bits per heavy atom. The molecular weight excluding hydrogens is 260 g/mol. The van der Waals surface area contributed by atoms with Gasteiger partial charge >= 0.3 is 12.0 Å². The Morgan fingerprint density at radius 2 is 2.15 bits per heavy atom. The third-order valence-corrected chi connectivity index (χ3v) is 2.99. The van der Waals surface area contributed by atoms with Gasteiger partial charge in [0.05, 0.1) is 13.5 Å². The number of ether oxygens (including phenoxy) is 1. The lowest BCUT2D eigenvalue weighted by molar-refractivity contribution is -0.137. The van der Waals surface area contributed by atoms with E-state index in [0.717, 1.165) is 0 Å². The lowest BCUT2D eigenvalue weighted by Gasteiger charge is -2.22. The summed E-state index contributed by atoms with van der Waals surface area (Å²) in [5, 5.41) is 11.5. The quantitative estimate of drug-likeness (QED) is 0.836. The molecule has 0 fully saturated rings. The molecule has 1 unspecified atom stereocenters. The second-order valence-electron chi connectivity index (χ2n) is 4.41. The summed E-state index contributed by atoms with van der Waals surface area (Å²) >= 11 is 0. The zero-order valence-corrected chi connectivity index (χ0v) is 11.9. The molecule has 0 aliphatic heterocycles. The number of methoxy groups -OCH3 is 1. The monoisotopic (exact) mass is 280 g/mol. The fraction of sp³-hybridized carbons (Fsp3) is 0.429. The summed E-state index contributed by atoms with van der Waals surface area (Å²) in [5.41, 5.74) is 0.673. The number of anilines is 1. The number of carbonyl (C=O) groups is 2. The van der Waals surface area contributed by atoms with Gasteiger partial charge in [0.15, 0.2) is 0 Å². The SMILES string of the molecule is CCC(CC(=O)O)NC(=O)N(C)c1cccc(OC)c1. The molecule has 6 nitrogen and oxygen atoms in total. The number of hydrogen-bond acceptors (Lipinski definition) is 3. The number of rotatable bonds is 6. The molecule has 0 aromatic heterocycles. The van der Waals surface area contributed by atoms with Crippen LogP contribution in [0.4, 0.5) is 10.5 Å². The number of carboxylic acid groups (broad SMARTS) is 1. The van der Waals surface area contributed by atoms with Crippen LogP contribution in [0.25, 0.3) is 0 Å². The number of carboxylic acids is 1. The average Bonchev–Trinajstić information content (AvgIpc) is 2.45. The standard InChI is InChI=1S/C14H20N2O4/c1-4-10(8-13(17)18)15-14(19)16(2)11-6-5-7-12(9-11)20-3/h5-7,9-10H,4,8H2,1-3H3,(H,15,19)(H,17,18). The highest BCUT2D eigenvalue weighted by Gasteiger charge is 2.17. The molecule has 0 saturated carbocycles. The van der Waals surface area contributed by atoms with Crippen molar-refractivity contribution >= 4 is 17.7 Å². The summed E-state index contributed by atoms with van der Waals surface area (Å²) in [6.07, 6.45) is 0.470. The Labute approximate surface area is 118 Å². The van der Waals surface area contributed by atoms with Crippen LogP contribution in [0.5, 0.6) is 5.75 Å². The first-order chi connectivity index (χ1) is 9.47. The molecule has 1 aromatic rings. The molecule has 0 heterocycles. The van der Waals surface area contributed by atoms with Crippen LogP contribution in [0.1, 0.15) is 19.8 Å². The Balaban J connectivity index is 2.72. The lowest BCUT2D eigenvalue weighted by atomic mass is 10.1. The van der Waals surface area contributed by atoms with Crippen molar-refractivity contribution in [2.75, 3.05) is 19.1 Å². The molecule has 1 rings (SSSR count). The van der Waals surface area contributed by atoms with Gasteiger partial charge in [0.25, 0.3) is 0 Å².